The van der Waals surface area contributed by atoms with E-state index in [-0.39, 0.29) is 11.5 Å². The second-order valence-electron chi connectivity index (χ2n) is 3.40. The molecular weight excluding hydrogens is 196 g/mol. The van der Waals surface area contributed by atoms with Crippen molar-refractivity contribution in [3.8, 4) is 0 Å². The fourth-order valence-electron chi connectivity index (χ4n) is 1.31. The van der Waals surface area contributed by atoms with Crippen molar-refractivity contribution in [3.63, 3.8) is 0 Å². The molecule has 1 aromatic rings. The zero-order chi connectivity index (χ0) is 9.86. The van der Waals surface area contributed by atoms with E-state index in [9.17, 15) is 0 Å². The Morgan fingerprint density at radius 3 is 2.57 bits per heavy atom. The predicted molar refractivity (Wildman–Crippen MR) is 57.3 cm³/mol. The van der Waals surface area contributed by atoms with Crippen molar-refractivity contribution in [2.75, 3.05) is 13.2 Å². The van der Waals surface area contributed by atoms with Crippen LogP contribution >= 0.6 is 11.8 Å². The maximum absolute atomic E-state index is 8.69. The van der Waals surface area contributed by atoms with Crippen LogP contribution in [0.25, 0.3) is 0 Å². The number of aliphatic hydroxyl groups is 1. The Balaban J connectivity index is 1.91. The van der Waals surface area contributed by atoms with Gasteiger partial charge in [0.25, 0.3) is 0 Å². The van der Waals surface area contributed by atoms with E-state index in [1.807, 2.05) is 18.2 Å². The van der Waals surface area contributed by atoms with E-state index >= 15 is 0 Å². The summed E-state index contributed by atoms with van der Waals surface area (Å²) in [5, 5.41) is 8.69. The first-order chi connectivity index (χ1) is 6.85. The third-order valence-electron chi connectivity index (χ3n) is 2.16. The molecule has 0 heterocycles. The van der Waals surface area contributed by atoms with E-state index in [1.54, 1.807) is 11.8 Å². The molecule has 0 atom stereocenters. The van der Waals surface area contributed by atoms with E-state index in [4.69, 9.17) is 9.84 Å². The monoisotopic (exact) mass is 210 g/mol. The highest BCUT2D eigenvalue weighted by Gasteiger charge is 2.45. The minimum Gasteiger partial charge on any atom is -0.394 e. The van der Waals surface area contributed by atoms with Crippen LogP contribution in [0.4, 0.5) is 0 Å². The lowest BCUT2D eigenvalue weighted by atomic mass is 10.4. The van der Waals surface area contributed by atoms with E-state index in [0.717, 1.165) is 12.8 Å². The Bertz CT molecular complexity index is 283. The Morgan fingerprint density at radius 1 is 1.29 bits per heavy atom. The van der Waals surface area contributed by atoms with Gasteiger partial charge in [0.2, 0.25) is 0 Å². The van der Waals surface area contributed by atoms with Crippen LogP contribution < -0.4 is 0 Å². The smallest absolute Gasteiger partial charge is 0.118 e. The number of thioether (sulfide) groups is 1. The van der Waals surface area contributed by atoms with Gasteiger partial charge in [-0.1, -0.05) is 30.0 Å². The molecule has 3 heteroatoms. The van der Waals surface area contributed by atoms with Crippen molar-refractivity contribution in [1.29, 1.82) is 0 Å². The van der Waals surface area contributed by atoms with E-state index in [2.05, 4.69) is 12.1 Å². The standard InChI is InChI=1S/C11H14O2S/c12-8-9-13-11(6-7-11)14-10-4-2-1-3-5-10/h1-5,12H,6-9H2. The van der Waals surface area contributed by atoms with Gasteiger partial charge in [-0.05, 0) is 25.0 Å². The lowest BCUT2D eigenvalue weighted by Gasteiger charge is -2.14. The highest BCUT2D eigenvalue weighted by atomic mass is 32.2. The molecule has 1 aromatic carbocycles. The average molecular weight is 210 g/mol. The van der Waals surface area contributed by atoms with Gasteiger partial charge in [-0.15, -0.1) is 0 Å². The van der Waals surface area contributed by atoms with Crippen LogP contribution in [0.15, 0.2) is 35.2 Å². The maximum Gasteiger partial charge on any atom is 0.118 e. The SMILES string of the molecule is OCCOC1(Sc2ccccc2)CC1. The summed E-state index contributed by atoms with van der Waals surface area (Å²) >= 11 is 1.76. The minimum absolute atomic E-state index is 0.0376. The second-order valence-corrected chi connectivity index (χ2v) is 4.82. The fraction of sp³-hybridized carbons (Fsp3) is 0.455. The van der Waals surface area contributed by atoms with Crippen molar-refractivity contribution < 1.29 is 9.84 Å². The predicted octanol–water partition coefficient (Wildman–Crippen LogP) is 2.28. The fourth-order valence-corrected chi connectivity index (χ4v) is 2.48. The first-order valence-corrected chi connectivity index (χ1v) is 5.65. The number of aliphatic hydroxyl groups excluding tert-OH is 1. The molecule has 0 unspecified atom stereocenters. The van der Waals surface area contributed by atoms with Gasteiger partial charge >= 0.3 is 0 Å². The molecule has 0 aliphatic heterocycles. The number of ether oxygens (including phenoxy) is 1. The summed E-state index contributed by atoms with van der Waals surface area (Å²) in [6.45, 7) is 0.553. The molecule has 0 bridgehead atoms. The summed E-state index contributed by atoms with van der Waals surface area (Å²) in [5.41, 5.74) is 0. The lowest BCUT2D eigenvalue weighted by molar-refractivity contribution is 0.0628. The summed E-state index contributed by atoms with van der Waals surface area (Å²) in [4.78, 5) is 1.20. The van der Waals surface area contributed by atoms with Gasteiger partial charge < -0.3 is 9.84 Å². The number of hydrogen-bond acceptors (Lipinski definition) is 3. The van der Waals surface area contributed by atoms with Crippen molar-refractivity contribution in [1.82, 2.24) is 0 Å². The molecule has 14 heavy (non-hydrogen) atoms. The number of rotatable bonds is 5. The van der Waals surface area contributed by atoms with Gasteiger partial charge in [0.05, 0.1) is 13.2 Å². The molecule has 1 aliphatic rings. The van der Waals surface area contributed by atoms with Crippen LogP contribution in [0.2, 0.25) is 0 Å². The van der Waals surface area contributed by atoms with Crippen LogP contribution in [0.3, 0.4) is 0 Å². The van der Waals surface area contributed by atoms with Crippen LogP contribution in [-0.2, 0) is 4.74 Å². The largest absolute Gasteiger partial charge is 0.394 e. The molecule has 0 spiro atoms. The van der Waals surface area contributed by atoms with Crippen LogP contribution in [0, 0.1) is 0 Å². The van der Waals surface area contributed by atoms with Crippen molar-refractivity contribution in [3.05, 3.63) is 30.3 Å². The van der Waals surface area contributed by atoms with Crippen LogP contribution in [-0.4, -0.2) is 23.3 Å². The van der Waals surface area contributed by atoms with Gasteiger partial charge in [-0.2, -0.15) is 0 Å². The molecule has 0 aromatic heterocycles. The summed E-state index contributed by atoms with van der Waals surface area (Å²) in [5.74, 6) is 0. The van der Waals surface area contributed by atoms with E-state index < -0.39 is 0 Å². The zero-order valence-corrected chi connectivity index (χ0v) is 8.80. The molecular formula is C11H14O2S. The quantitative estimate of drug-likeness (QED) is 0.756. The molecule has 0 saturated heterocycles. The molecule has 1 fully saturated rings. The Labute approximate surface area is 88.3 Å². The van der Waals surface area contributed by atoms with Crippen LogP contribution in [0.1, 0.15) is 12.8 Å². The molecule has 1 aliphatic carbocycles. The summed E-state index contributed by atoms with van der Waals surface area (Å²) < 4.78 is 5.61. The third kappa shape index (κ3) is 2.50. The molecule has 2 rings (SSSR count). The van der Waals surface area contributed by atoms with Gasteiger partial charge in [0.15, 0.2) is 0 Å². The van der Waals surface area contributed by atoms with Gasteiger partial charge in [-0.3, -0.25) is 0 Å². The Hall–Kier alpha value is -0.510. The van der Waals surface area contributed by atoms with E-state index in [0.29, 0.717) is 6.61 Å². The summed E-state index contributed by atoms with van der Waals surface area (Å²) in [6.07, 6.45) is 2.18. The Kier molecular flexibility index (Phi) is 3.11. The third-order valence-corrected chi connectivity index (χ3v) is 3.57. The molecule has 2 nitrogen and oxygen atoms in total. The van der Waals surface area contributed by atoms with Gasteiger partial charge in [-0.25, -0.2) is 0 Å². The minimum atomic E-state index is -0.0376. The first-order valence-electron chi connectivity index (χ1n) is 4.84. The number of benzene rings is 1. The maximum atomic E-state index is 8.69. The van der Waals surface area contributed by atoms with Crippen molar-refractivity contribution >= 4 is 11.8 Å². The van der Waals surface area contributed by atoms with E-state index in [1.165, 1.54) is 4.90 Å². The highest BCUT2D eigenvalue weighted by molar-refractivity contribution is 8.00. The highest BCUT2D eigenvalue weighted by Crippen LogP contribution is 2.52. The van der Waals surface area contributed by atoms with Crippen molar-refractivity contribution in [2.45, 2.75) is 22.7 Å². The summed E-state index contributed by atoms with van der Waals surface area (Å²) in [7, 11) is 0. The molecule has 0 amide bonds. The zero-order valence-electron chi connectivity index (χ0n) is 7.98. The molecule has 1 saturated carbocycles. The molecule has 0 radical (unpaired) electrons. The molecule has 1 N–H and O–H groups in total. The van der Waals surface area contributed by atoms with Crippen molar-refractivity contribution in [2.24, 2.45) is 0 Å². The van der Waals surface area contributed by atoms with Gasteiger partial charge in [0, 0.05) is 4.90 Å². The second kappa shape index (κ2) is 4.34. The lowest BCUT2D eigenvalue weighted by Crippen LogP contribution is -2.12. The summed E-state index contributed by atoms with van der Waals surface area (Å²) in [6, 6.07) is 10.3. The molecule has 76 valence electrons. The normalized spacial score (nSPS) is 18.1. The Morgan fingerprint density at radius 2 is 2.00 bits per heavy atom. The topological polar surface area (TPSA) is 29.5 Å². The van der Waals surface area contributed by atoms with Gasteiger partial charge in [0.1, 0.15) is 4.93 Å². The average Bonchev–Trinajstić information content (AvgIpc) is 2.97. The number of hydrogen-bond donors (Lipinski definition) is 1. The van der Waals surface area contributed by atoms with Crippen LogP contribution in [0.5, 0.6) is 0 Å². The first kappa shape index (κ1) is 10.0.